The number of nitrogens with one attached hydrogen (secondary N) is 1. The lowest BCUT2D eigenvalue weighted by atomic mass is 10.1. The van der Waals surface area contributed by atoms with E-state index in [1.54, 1.807) is 6.07 Å². The molecule has 0 atom stereocenters. The van der Waals surface area contributed by atoms with Crippen molar-refractivity contribution in [3.63, 3.8) is 0 Å². The molecule has 0 unspecified atom stereocenters. The first-order valence-corrected chi connectivity index (χ1v) is 5.44. The van der Waals surface area contributed by atoms with Crippen LogP contribution in [0.5, 0.6) is 0 Å². The molecule has 1 aliphatic heterocycles. The van der Waals surface area contributed by atoms with Crippen LogP contribution in [0.15, 0.2) is 18.2 Å². The lowest BCUT2D eigenvalue weighted by molar-refractivity contribution is 0.232. The third-order valence-corrected chi connectivity index (χ3v) is 2.98. The predicted molar refractivity (Wildman–Crippen MR) is 59.3 cm³/mol. The highest BCUT2D eigenvalue weighted by Gasteiger charge is 2.11. The van der Waals surface area contributed by atoms with E-state index in [0.29, 0.717) is 0 Å². The molecule has 0 bridgehead atoms. The molecule has 0 aliphatic carbocycles. The summed E-state index contributed by atoms with van der Waals surface area (Å²) in [7, 11) is 0. The molecule has 1 saturated heterocycles. The van der Waals surface area contributed by atoms with Crippen molar-refractivity contribution in [2.24, 2.45) is 0 Å². The van der Waals surface area contributed by atoms with E-state index in [9.17, 15) is 4.39 Å². The number of halogens is 1. The van der Waals surface area contributed by atoms with Crippen LogP contribution in [-0.4, -0.2) is 31.1 Å². The molecule has 2 nitrogen and oxygen atoms in total. The van der Waals surface area contributed by atoms with Crippen molar-refractivity contribution in [3.8, 4) is 0 Å². The van der Waals surface area contributed by atoms with E-state index in [0.717, 1.165) is 43.9 Å². The SMILES string of the molecule is Cc1c(F)cccc1CN1CCNCC1. The quantitative estimate of drug-likeness (QED) is 0.793. The fraction of sp³-hybridized carbons (Fsp3) is 0.500. The van der Waals surface area contributed by atoms with Gasteiger partial charge in [0.2, 0.25) is 0 Å². The van der Waals surface area contributed by atoms with Gasteiger partial charge in [0.25, 0.3) is 0 Å². The van der Waals surface area contributed by atoms with Crippen LogP contribution in [-0.2, 0) is 6.54 Å². The van der Waals surface area contributed by atoms with Crippen LogP contribution in [0.3, 0.4) is 0 Å². The van der Waals surface area contributed by atoms with Gasteiger partial charge in [-0.25, -0.2) is 4.39 Å². The second-order valence-electron chi connectivity index (χ2n) is 4.05. The van der Waals surface area contributed by atoms with Crippen molar-refractivity contribution in [2.45, 2.75) is 13.5 Å². The zero-order chi connectivity index (χ0) is 10.7. The first-order valence-electron chi connectivity index (χ1n) is 5.44. The molecule has 0 saturated carbocycles. The van der Waals surface area contributed by atoms with E-state index in [4.69, 9.17) is 0 Å². The topological polar surface area (TPSA) is 15.3 Å². The first-order chi connectivity index (χ1) is 7.27. The summed E-state index contributed by atoms with van der Waals surface area (Å²) < 4.78 is 13.3. The summed E-state index contributed by atoms with van der Waals surface area (Å²) in [5, 5.41) is 3.31. The lowest BCUT2D eigenvalue weighted by Gasteiger charge is -2.27. The van der Waals surface area contributed by atoms with Crippen molar-refractivity contribution in [1.29, 1.82) is 0 Å². The Morgan fingerprint density at radius 3 is 2.80 bits per heavy atom. The molecule has 0 amide bonds. The summed E-state index contributed by atoms with van der Waals surface area (Å²) >= 11 is 0. The minimum absolute atomic E-state index is 0.0948. The van der Waals surface area contributed by atoms with Gasteiger partial charge in [0.05, 0.1) is 0 Å². The highest BCUT2D eigenvalue weighted by Crippen LogP contribution is 2.14. The summed E-state index contributed by atoms with van der Waals surface area (Å²) in [6, 6.07) is 5.33. The van der Waals surface area contributed by atoms with Gasteiger partial charge in [-0.2, -0.15) is 0 Å². The van der Waals surface area contributed by atoms with Crippen molar-refractivity contribution in [2.75, 3.05) is 26.2 Å². The number of hydrogen-bond donors (Lipinski definition) is 1. The Bertz CT molecular complexity index is 332. The van der Waals surface area contributed by atoms with E-state index in [-0.39, 0.29) is 5.82 Å². The minimum Gasteiger partial charge on any atom is -0.314 e. The Morgan fingerprint density at radius 1 is 1.33 bits per heavy atom. The van der Waals surface area contributed by atoms with Gasteiger partial charge in [0, 0.05) is 32.7 Å². The smallest absolute Gasteiger partial charge is 0.126 e. The van der Waals surface area contributed by atoms with Gasteiger partial charge >= 0.3 is 0 Å². The molecule has 0 spiro atoms. The fourth-order valence-corrected chi connectivity index (χ4v) is 1.93. The third-order valence-electron chi connectivity index (χ3n) is 2.98. The molecule has 0 aromatic heterocycles. The standard InChI is InChI=1S/C12H17FN2/c1-10-11(3-2-4-12(10)13)9-15-7-5-14-6-8-15/h2-4,14H,5-9H2,1H3. The highest BCUT2D eigenvalue weighted by molar-refractivity contribution is 5.27. The molecular formula is C12H17FN2. The number of nitrogens with zero attached hydrogens (tertiary/aromatic N) is 1. The van der Waals surface area contributed by atoms with Crippen molar-refractivity contribution in [1.82, 2.24) is 10.2 Å². The van der Waals surface area contributed by atoms with Crippen molar-refractivity contribution >= 4 is 0 Å². The minimum atomic E-state index is -0.0948. The van der Waals surface area contributed by atoms with Crippen LogP contribution in [0.4, 0.5) is 4.39 Å². The van der Waals surface area contributed by atoms with E-state index >= 15 is 0 Å². The second-order valence-corrected chi connectivity index (χ2v) is 4.05. The van der Waals surface area contributed by atoms with E-state index in [2.05, 4.69) is 10.2 Å². The number of hydrogen-bond acceptors (Lipinski definition) is 2. The Kier molecular flexibility index (Phi) is 3.34. The van der Waals surface area contributed by atoms with Gasteiger partial charge in [0.1, 0.15) is 5.82 Å². The van der Waals surface area contributed by atoms with Crippen molar-refractivity contribution in [3.05, 3.63) is 35.1 Å². The normalized spacial score (nSPS) is 18.0. The molecule has 1 aromatic carbocycles. The number of rotatable bonds is 2. The zero-order valence-electron chi connectivity index (χ0n) is 9.09. The molecule has 82 valence electrons. The zero-order valence-corrected chi connectivity index (χ0v) is 9.09. The number of benzene rings is 1. The van der Waals surface area contributed by atoms with Gasteiger partial charge < -0.3 is 5.32 Å². The van der Waals surface area contributed by atoms with Crippen LogP contribution in [0, 0.1) is 12.7 Å². The van der Waals surface area contributed by atoms with Gasteiger partial charge in [-0.05, 0) is 24.1 Å². The lowest BCUT2D eigenvalue weighted by Crippen LogP contribution is -2.43. The molecule has 1 aromatic rings. The molecular weight excluding hydrogens is 191 g/mol. The van der Waals surface area contributed by atoms with Crippen LogP contribution >= 0.6 is 0 Å². The molecule has 1 heterocycles. The Labute approximate surface area is 90.1 Å². The largest absolute Gasteiger partial charge is 0.314 e. The van der Waals surface area contributed by atoms with Crippen molar-refractivity contribution < 1.29 is 4.39 Å². The van der Waals surface area contributed by atoms with Gasteiger partial charge in [-0.3, -0.25) is 4.90 Å². The predicted octanol–water partition coefficient (Wildman–Crippen LogP) is 1.54. The Hall–Kier alpha value is -0.930. The Morgan fingerprint density at radius 2 is 2.07 bits per heavy atom. The van der Waals surface area contributed by atoms with Crippen LogP contribution < -0.4 is 5.32 Å². The average molecular weight is 208 g/mol. The summed E-state index contributed by atoms with van der Waals surface area (Å²) in [4.78, 5) is 2.36. The fourth-order valence-electron chi connectivity index (χ4n) is 1.93. The first kappa shape index (κ1) is 10.6. The Balaban J connectivity index is 2.06. The molecule has 1 aliphatic rings. The van der Waals surface area contributed by atoms with Gasteiger partial charge in [0.15, 0.2) is 0 Å². The molecule has 0 radical (unpaired) electrons. The summed E-state index contributed by atoms with van der Waals surface area (Å²) in [6.07, 6.45) is 0. The molecule has 3 heteroatoms. The summed E-state index contributed by atoms with van der Waals surface area (Å²) in [6.45, 7) is 6.90. The van der Waals surface area contributed by atoms with Crippen LogP contribution in [0.25, 0.3) is 0 Å². The maximum Gasteiger partial charge on any atom is 0.126 e. The number of piperazine rings is 1. The van der Waals surface area contributed by atoms with Gasteiger partial charge in [-0.1, -0.05) is 12.1 Å². The van der Waals surface area contributed by atoms with E-state index < -0.39 is 0 Å². The highest BCUT2D eigenvalue weighted by atomic mass is 19.1. The summed E-state index contributed by atoms with van der Waals surface area (Å²) in [5.41, 5.74) is 1.90. The van der Waals surface area contributed by atoms with E-state index in [1.807, 2.05) is 13.0 Å². The molecule has 15 heavy (non-hydrogen) atoms. The monoisotopic (exact) mass is 208 g/mol. The third kappa shape index (κ3) is 2.55. The molecule has 1 fully saturated rings. The van der Waals surface area contributed by atoms with Gasteiger partial charge in [-0.15, -0.1) is 0 Å². The molecule has 2 rings (SSSR count). The average Bonchev–Trinajstić information content (AvgIpc) is 2.26. The summed E-state index contributed by atoms with van der Waals surface area (Å²) in [5.74, 6) is -0.0948. The van der Waals surface area contributed by atoms with Crippen LogP contribution in [0.2, 0.25) is 0 Å². The maximum atomic E-state index is 13.3. The van der Waals surface area contributed by atoms with Crippen LogP contribution in [0.1, 0.15) is 11.1 Å². The maximum absolute atomic E-state index is 13.3. The molecule has 1 N–H and O–H groups in total. The van der Waals surface area contributed by atoms with E-state index in [1.165, 1.54) is 6.07 Å². The second kappa shape index (κ2) is 4.73.